The Hall–Kier alpha value is -0.810. The average molecular weight is 311 g/mol. The Morgan fingerprint density at radius 2 is 2.00 bits per heavy atom. The first kappa shape index (κ1) is 17.5. The smallest absolute Gasteiger partial charge is 0.190 e. The van der Waals surface area contributed by atoms with Crippen molar-refractivity contribution < 1.29 is 9.47 Å². The van der Waals surface area contributed by atoms with E-state index < -0.39 is 0 Å². The van der Waals surface area contributed by atoms with Gasteiger partial charge in [-0.2, -0.15) is 0 Å². The van der Waals surface area contributed by atoms with Gasteiger partial charge in [0, 0.05) is 46.6 Å². The highest BCUT2D eigenvalue weighted by Gasteiger charge is 2.41. The molecule has 0 bridgehead atoms. The third kappa shape index (κ3) is 6.97. The molecular formula is C17H33N3O2. The van der Waals surface area contributed by atoms with Gasteiger partial charge in [0.05, 0.1) is 0 Å². The van der Waals surface area contributed by atoms with E-state index in [0.717, 1.165) is 64.2 Å². The van der Waals surface area contributed by atoms with Crippen molar-refractivity contribution >= 4 is 5.96 Å². The van der Waals surface area contributed by atoms with Gasteiger partial charge in [0.2, 0.25) is 0 Å². The summed E-state index contributed by atoms with van der Waals surface area (Å²) in [6, 6.07) is 0. The van der Waals surface area contributed by atoms with Gasteiger partial charge in [0.15, 0.2) is 5.96 Å². The Morgan fingerprint density at radius 3 is 2.64 bits per heavy atom. The average Bonchev–Trinajstić information content (AvgIpc) is 3.43. The lowest BCUT2D eigenvalue weighted by Crippen LogP contribution is -2.41. The van der Waals surface area contributed by atoms with Crippen LogP contribution in [-0.2, 0) is 9.47 Å². The van der Waals surface area contributed by atoms with Crippen molar-refractivity contribution in [2.75, 3.05) is 46.6 Å². The lowest BCUT2D eigenvalue weighted by atomic mass is 10.0. The Balaban J connectivity index is 1.49. The fourth-order valence-corrected chi connectivity index (χ4v) is 2.53. The van der Waals surface area contributed by atoms with Gasteiger partial charge >= 0.3 is 0 Å². The first-order valence-corrected chi connectivity index (χ1v) is 8.88. The van der Waals surface area contributed by atoms with Crippen LogP contribution in [0.1, 0.15) is 45.4 Å². The van der Waals surface area contributed by atoms with Crippen LogP contribution in [0.5, 0.6) is 0 Å². The molecule has 0 unspecified atom stereocenters. The maximum Gasteiger partial charge on any atom is 0.190 e. The second-order valence-electron chi connectivity index (χ2n) is 6.67. The summed E-state index contributed by atoms with van der Waals surface area (Å²) in [6.45, 7) is 7.46. The second-order valence-corrected chi connectivity index (χ2v) is 6.67. The lowest BCUT2D eigenvalue weighted by Gasteiger charge is -2.18. The van der Waals surface area contributed by atoms with E-state index in [2.05, 4.69) is 22.5 Å². The Bertz CT molecular complexity index is 339. The lowest BCUT2D eigenvalue weighted by molar-refractivity contribution is 0.122. The zero-order chi connectivity index (χ0) is 15.7. The van der Waals surface area contributed by atoms with Crippen molar-refractivity contribution in [1.82, 2.24) is 10.6 Å². The molecular weight excluding hydrogens is 278 g/mol. The van der Waals surface area contributed by atoms with E-state index in [1.807, 2.05) is 7.05 Å². The second kappa shape index (κ2) is 9.36. The van der Waals surface area contributed by atoms with E-state index in [-0.39, 0.29) is 0 Å². The quantitative estimate of drug-likeness (QED) is 0.329. The van der Waals surface area contributed by atoms with Crippen LogP contribution in [0.4, 0.5) is 0 Å². The molecule has 0 aliphatic heterocycles. The number of aliphatic imine (C=N–C) groups is 1. The molecule has 0 saturated heterocycles. The zero-order valence-corrected chi connectivity index (χ0v) is 14.3. The summed E-state index contributed by atoms with van der Waals surface area (Å²) in [5.74, 6) is 1.76. The van der Waals surface area contributed by atoms with Crippen molar-refractivity contribution in [3.05, 3.63) is 0 Å². The van der Waals surface area contributed by atoms with E-state index in [0.29, 0.717) is 5.41 Å². The molecule has 2 aliphatic rings. The minimum atomic E-state index is 0.445. The van der Waals surface area contributed by atoms with Crippen LogP contribution in [0.2, 0.25) is 0 Å². The van der Waals surface area contributed by atoms with E-state index in [1.54, 1.807) is 0 Å². The Labute approximate surface area is 135 Å². The fourth-order valence-electron chi connectivity index (χ4n) is 2.53. The monoisotopic (exact) mass is 311 g/mol. The number of hydrogen-bond acceptors (Lipinski definition) is 3. The van der Waals surface area contributed by atoms with E-state index in [1.165, 1.54) is 25.7 Å². The zero-order valence-electron chi connectivity index (χ0n) is 14.3. The predicted molar refractivity (Wildman–Crippen MR) is 90.3 cm³/mol. The number of nitrogens with zero attached hydrogens (tertiary/aromatic N) is 1. The highest BCUT2D eigenvalue weighted by Crippen LogP contribution is 2.48. The molecule has 2 N–H and O–H groups in total. The molecule has 2 fully saturated rings. The molecule has 0 spiro atoms. The van der Waals surface area contributed by atoms with Gasteiger partial charge in [-0.3, -0.25) is 4.99 Å². The molecule has 2 saturated carbocycles. The first-order valence-electron chi connectivity index (χ1n) is 8.88. The van der Waals surface area contributed by atoms with Crippen LogP contribution in [0.3, 0.4) is 0 Å². The van der Waals surface area contributed by atoms with Gasteiger partial charge in [-0.05, 0) is 56.8 Å². The first-order chi connectivity index (χ1) is 10.8. The van der Waals surface area contributed by atoms with E-state index >= 15 is 0 Å². The minimum Gasteiger partial charge on any atom is -0.382 e. The van der Waals surface area contributed by atoms with Crippen LogP contribution in [0, 0.1) is 11.3 Å². The number of ether oxygens (including phenoxy) is 2. The van der Waals surface area contributed by atoms with Crippen LogP contribution >= 0.6 is 0 Å². The molecule has 2 aliphatic carbocycles. The van der Waals surface area contributed by atoms with Crippen LogP contribution in [-0.4, -0.2) is 52.5 Å². The molecule has 5 heteroatoms. The minimum absolute atomic E-state index is 0.445. The number of guanidine groups is 1. The molecule has 0 aromatic rings. The summed E-state index contributed by atoms with van der Waals surface area (Å²) in [5, 5.41) is 6.83. The SMILES string of the molecule is CCOCCC1(CNC(=NC)NCCCOCC2CC2)CC1. The third-order valence-corrected chi connectivity index (χ3v) is 4.60. The standard InChI is InChI=1S/C17H33N3O2/c1-3-21-12-9-17(7-8-17)14-20-16(18-2)19-10-4-11-22-13-15-5-6-15/h15H,3-14H2,1-2H3,(H2,18,19,20). The normalized spacial score (nSPS) is 20.0. The van der Waals surface area contributed by atoms with Crippen molar-refractivity contribution in [2.24, 2.45) is 16.3 Å². The molecule has 2 rings (SSSR count). The Morgan fingerprint density at radius 1 is 1.18 bits per heavy atom. The van der Waals surface area contributed by atoms with Crippen molar-refractivity contribution in [1.29, 1.82) is 0 Å². The van der Waals surface area contributed by atoms with Gasteiger partial charge < -0.3 is 20.1 Å². The number of nitrogens with one attached hydrogen (secondary N) is 2. The van der Waals surface area contributed by atoms with Gasteiger partial charge in [0.25, 0.3) is 0 Å². The van der Waals surface area contributed by atoms with Crippen molar-refractivity contribution in [3.63, 3.8) is 0 Å². The molecule has 0 amide bonds. The van der Waals surface area contributed by atoms with Crippen molar-refractivity contribution in [2.45, 2.75) is 45.4 Å². The molecule has 0 atom stereocenters. The Kier molecular flexibility index (Phi) is 7.46. The summed E-state index contributed by atoms with van der Waals surface area (Å²) in [6.07, 6.45) is 7.51. The molecule has 0 heterocycles. The maximum atomic E-state index is 5.64. The van der Waals surface area contributed by atoms with Gasteiger partial charge in [-0.15, -0.1) is 0 Å². The highest BCUT2D eigenvalue weighted by atomic mass is 16.5. The maximum absolute atomic E-state index is 5.64. The molecule has 0 aromatic heterocycles. The molecule has 5 nitrogen and oxygen atoms in total. The highest BCUT2D eigenvalue weighted by molar-refractivity contribution is 5.79. The topological polar surface area (TPSA) is 54.9 Å². The van der Waals surface area contributed by atoms with Crippen LogP contribution in [0.15, 0.2) is 4.99 Å². The largest absolute Gasteiger partial charge is 0.382 e. The molecule has 0 radical (unpaired) electrons. The summed E-state index contributed by atoms with van der Waals surface area (Å²) in [5.41, 5.74) is 0.445. The van der Waals surface area contributed by atoms with Crippen LogP contribution < -0.4 is 10.6 Å². The summed E-state index contributed by atoms with van der Waals surface area (Å²) >= 11 is 0. The van der Waals surface area contributed by atoms with Crippen molar-refractivity contribution in [3.8, 4) is 0 Å². The molecule has 128 valence electrons. The predicted octanol–water partition coefficient (Wildman–Crippen LogP) is 2.17. The summed E-state index contributed by atoms with van der Waals surface area (Å²) < 4.78 is 11.1. The van der Waals surface area contributed by atoms with Gasteiger partial charge in [0.1, 0.15) is 0 Å². The summed E-state index contributed by atoms with van der Waals surface area (Å²) in [4.78, 5) is 4.29. The van der Waals surface area contributed by atoms with E-state index in [9.17, 15) is 0 Å². The summed E-state index contributed by atoms with van der Waals surface area (Å²) in [7, 11) is 1.83. The van der Waals surface area contributed by atoms with Crippen LogP contribution in [0.25, 0.3) is 0 Å². The fraction of sp³-hybridized carbons (Fsp3) is 0.941. The number of hydrogen-bond donors (Lipinski definition) is 2. The molecule has 0 aromatic carbocycles. The van der Waals surface area contributed by atoms with Gasteiger partial charge in [-0.1, -0.05) is 0 Å². The number of rotatable bonds is 12. The third-order valence-electron chi connectivity index (χ3n) is 4.60. The molecule has 22 heavy (non-hydrogen) atoms. The van der Waals surface area contributed by atoms with Gasteiger partial charge in [-0.25, -0.2) is 0 Å². The van der Waals surface area contributed by atoms with E-state index in [4.69, 9.17) is 9.47 Å².